The molecule has 154 valence electrons. The minimum atomic E-state index is -4.40. The molecule has 0 fully saturated rings. The lowest BCUT2D eigenvalue weighted by Gasteiger charge is -2.24. The summed E-state index contributed by atoms with van der Waals surface area (Å²) in [5.41, 5.74) is 1.06. The lowest BCUT2D eigenvalue weighted by atomic mass is 10.0. The van der Waals surface area contributed by atoms with Crippen molar-refractivity contribution in [2.45, 2.75) is 38.6 Å². The fraction of sp³-hybridized carbons (Fsp3) is 0.333. The molecule has 1 aliphatic heterocycles. The highest BCUT2D eigenvalue weighted by Gasteiger charge is 2.30. The third kappa shape index (κ3) is 5.34. The smallest absolute Gasteiger partial charge is 0.390 e. The number of hydrogen-bond donors (Lipinski definition) is 0. The first-order chi connectivity index (χ1) is 13.8. The molecular weight excluding hydrogens is 388 g/mol. The number of hydrogen-bond acceptors (Lipinski definition) is 3. The van der Waals surface area contributed by atoms with Gasteiger partial charge in [0.15, 0.2) is 6.10 Å². The van der Waals surface area contributed by atoms with Gasteiger partial charge in [-0.15, -0.1) is 0 Å². The summed E-state index contributed by atoms with van der Waals surface area (Å²) in [7, 11) is 0. The number of amides is 1. The van der Waals surface area contributed by atoms with E-state index >= 15 is 0 Å². The predicted molar refractivity (Wildman–Crippen MR) is 99.6 cm³/mol. The molecule has 0 saturated carbocycles. The molecule has 0 aliphatic carbocycles. The molecule has 1 amide bonds. The lowest BCUT2D eigenvalue weighted by molar-refractivity contribution is -0.137. The Morgan fingerprint density at radius 3 is 2.55 bits per heavy atom. The van der Waals surface area contributed by atoms with Gasteiger partial charge >= 0.3 is 6.18 Å². The van der Waals surface area contributed by atoms with E-state index in [-0.39, 0.29) is 31.2 Å². The Morgan fingerprint density at radius 2 is 1.93 bits per heavy atom. The van der Waals surface area contributed by atoms with Crippen LogP contribution < -0.4 is 0 Å². The monoisotopic (exact) mass is 408 g/mol. The number of alkyl halides is 3. The Labute approximate surface area is 165 Å². The van der Waals surface area contributed by atoms with Crippen molar-refractivity contribution >= 4 is 11.6 Å². The molecule has 0 saturated heterocycles. The summed E-state index contributed by atoms with van der Waals surface area (Å²) in [6.45, 7) is 2.11. The van der Waals surface area contributed by atoms with E-state index in [0.717, 1.165) is 12.1 Å². The average Bonchev–Trinajstić information content (AvgIpc) is 3.15. The molecule has 1 atom stereocenters. The van der Waals surface area contributed by atoms with Gasteiger partial charge in [0.05, 0.1) is 17.8 Å². The molecule has 29 heavy (non-hydrogen) atoms. The van der Waals surface area contributed by atoms with Crippen LogP contribution in [0, 0.1) is 5.82 Å². The molecule has 0 aromatic heterocycles. The van der Waals surface area contributed by atoms with Gasteiger partial charge in [-0.2, -0.15) is 13.2 Å². The fourth-order valence-electron chi connectivity index (χ4n) is 3.11. The van der Waals surface area contributed by atoms with Gasteiger partial charge in [0.1, 0.15) is 5.82 Å². The number of carbonyl (C=O) groups excluding carboxylic acids is 1. The van der Waals surface area contributed by atoms with Gasteiger partial charge in [-0.1, -0.05) is 36.3 Å². The largest absolute Gasteiger partial charge is 0.416 e. The number of nitrogens with zero attached hydrogens (tertiary/aromatic N) is 2. The van der Waals surface area contributed by atoms with Crippen LogP contribution in [0.4, 0.5) is 17.6 Å². The molecule has 0 unspecified atom stereocenters. The Kier molecular flexibility index (Phi) is 6.20. The fourth-order valence-corrected chi connectivity index (χ4v) is 3.11. The highest BCUT2D eigenvalue weighted by atomic mass is 19.4. The maximum absolute atomic E-state index is 13.4. The lowest BCUT2D eigenvalue weighted by Crippen LogP contribution is -2.36. The van der Waals surface area contributed by atoms with E-state index < -0.39 is 17.8 Å². The summed E-state index contributed by atoms with van der Waals surface area (Å²) < 4.78 is 51.6. The molecule has 2 aromatic carbocycles. The van der Waals surface area contributed by atoms with Crippen molar-refractivity contribution in [2.24, 2.45) is 5.16 Å². The van der Waals surface area contributed by atoms with Crippen molar-refractivity contribution in [2.75, 3.05) is 6.54 Å². The van der Waals surface area contributed by atoms with Gasteiger partial charge in [0, 0.05) is 24.9 Å². The zero-order chi connectivity index (χ0) is 21.0. The maximum atomic E-state index is 13.4. The van der Waals surface area contributed by atoms with E-state index in [1.807, 2.05) is 0 Å². The third-order valence-electron chi connectivity index (χ3n) is 4.62. The van der Waals surface area contributed by atoms with Crippen LogP contribution in [0.15, 0.2) is 53.7 Å². The number of carbonyl (C=O) groups is 1. The topological polar surface area (TPSA) is 41.9 Å². The first kappa shape index (κ1) is 20.8. The minimum Gasteiger partial charge on any atom is -0.390 e. The first-order valence-corrected chi connectivity index (χ1v) is 9.18. The van der Waals surface area contributed by atoms with Crippen molar-refractivity contribution in [3.63, 3.8) is 0 Å². The molecule has 0 spiro atoms. The van der Waals surface area contributed by atoms with Gasteiger partial charge in [-0.25, -0.2) is 4.39 Å². The zero-order valence-electron chi connectivity index (χ0n) is 15.7. The zero-order valence-corrected chi connectivity index (χ0v) is 15.7. The number of rotatable bonds is 6. The van der Waals surface area contributed by atoms with E-state index in [9.17, 15) is 22.4 Å². The van der Waals surface area contributed by atoms with E-state index in [1.165, 1.54) is 29.2 Å². The average molecular weight is 408 g/mol. The summed E-state index contributed by atoms with van der Waals surface area (Å²) in [4.78, 5) is 19.3. The first-order valence-electron chi connectivity index (χ1n) is 9.18. The summed E-state index contributed by atoms with van der Waals surface area (Å²) in [6.07, 6.45) is -4.15. The van der Waals surface area contributed by atoms with Crippen molar-refractivity contribution in [3.05, 3.63) is 71.0 Å². The van der Waals surface area contributed by atoms with Gasteiger partial charge in [0.2, 0.25) is 5.91 Å². The van der Waals surface area contributed by atoms with Gasteiger partial charge in [-0.05, 0) is 29.8 Å². The molecule has 0 radical (unpaired) electrons. The molecule has 4 nitrogen and oxygen atoms in total. The van der Waals surface area contributed by atoms with Crippen LogP contribution in [0.1, 0.15) is 36.5 Å². The van der Waals surface area contributed by atoms with E-state index in [0.29, 0.717) is 23.3 Å². The molecule has 8 heteroatoms. The normalized spacial score (nSPS) is 16.3. The molecule has 1 heterocycles. The summed E-state index contributed by atoms with van der Waals surface area (Å²) >= 11 is 0. The Morgan fingerprint density at radius 1 is 1.21 bits per heavy atom. The van der Waals surface area contributed by atoms with Crippen LogP contribution in [0.3, 0.4) is 0 Å². The maximum Gasteiger partial charge on any atom is 0.416 e. The second-order valence-corrected chi connectivity index (χ2v) is 6.80. The highest BCUT2D eigenvalue weighted by molar-refractivity contribution is 6.01. The molecule has 0 N–H and O–H groups in total. The van der Waals surface area contributed by atoms with Gasteiger partial charge in [0.25, 0.3) is 0 Å². The standard InChI is InChI=1S/C21H20F4N2O2/c1-2-20(28)27(12-14-6-8-16(9-7-14)21(23,24)25)13-18-11-19(26-29-18)15-4-3-5-17(22)10-15/h3-10,18H,2,11-13H2,1H3/t18-/m1/s1. The number of halogens is 4. The Bertz CT molecular complexity index is 894. The van der Waals surface area contributed by atoms with Gasteiger partial charge < -0.3 is 9.74 Å². The summed E-state index contributed by atoms with van der Waals surface area (Å²) in [5, 5.41) is 4.00. The number of benzene rings is 2. The van der Waals surface area contributed by atoms with Crippen LogP contribution in [-0.2, 0) is 22.4 Å². The highest BCUT2D eigenvalue weighted by Crippen LogP contribution is 2.29. The second kappa shape index (κ2) is 8.63. The molecule has 1 aliphatic rings. The molecule has 2 aromatic rings. The van der Waals surface area contributed by atoms with Crippen LogP contribution in [0.2, 0.25) is 0 Å². The quantitative estimate of drug-likeness (QED) is 0.646. The Hall–Kier alpha value is -2.90. The van der Waals surface area contributed by atoms with Crippen LogP contribution in [0.5, 0.6) is 0 Å². The van der Waals surface area contributed by atoms with Crippen LogP contribution in [-0.4, -0.2) is 29.2 Å². The molecule has 3 rings (SSSR count). The van der Waals surface area contributed by atoms with Crippen molar-refractivity contribution in [1.29, 1.82) is 0 Å². The van der Waals surface area contributed by atoms with E-state index in [2.05, 4.69) is 5.16 Å². The molecule has 0 bridgehead atoms. The van der Waals surface area contributed by atoms with Crippen LogP contribution >= 0.6 is 0 Å². The van der Waals surface area contributed by atoms with Crippen LogP contribution in [0.25, 0.3) is 0 Å². The van der Waals surface area contributed by atoms with Gasteiger partial charge in [-0.3, -0.25) is 4.79 Å². The third-order valence-corrected chi connectivity index (χ3v) is 4.62. The van der Waals surface area contributed by atoms with Crippen molar-refractivity contribution < 1.29 is 27.2 Å². The predicted octanol–water partition coefficient (Wildman–Crippen LogP) is 4.78. The van der Waals surface area contributed by atoms with E-state index in [4.69, 9.17) is 4.84 Å². The molecular formula is C21H20F4N2O2. The minimum absolute atomic E-state index is 0.146. The summed E-state index contributed by atoms with van der Waals surface area (Å²) in [6, 6.07) is 10.7. The van der Waals surface area contributed by atoms with E-state index in [1.54, 1.807) is 19.1 Å². The van der Waals surface area contributed by atoms with Crippen molar-refractivity contribution in [3.8, 4) is 0 Å². The Balaban J connectivity index is 1.65. The number of oxime groups is 1. The van der Waals surface area contributed by atoms with Crippen molar-refractivity contribution in [1.82, 2.24) is 4.90 Å². The SMILES string of the molecule is CCC(=O)N(Cc1ccc(C(F)(F)F)cc1)C[C@H]1CC(c2cccc(F)c2)=NO1. The second-order valence-electron chi connectivity index (χ2n) is 6.80. The summed E-state index contributed by atoms with van der Waals surface area (Å²) in [5.74, 6) is -0.522.